The van der Waals surface area contributed by atoms with Crippen LogP contribution in [0.25, 0.3) is 0 Å². The van der Waals surface area contributed by atoms with Gasteiger partial charge in [-0.15, -0.1) is 0 Å². The smallest absolute Gasteiger partial charge is 0.287 e. The number of hydrogen-bond acceptors (Lipinski definition) is 5. The zero-order chi connectivity index (χ0) is 21.7. The van der Waals surface area contributed by atoms with Crippen LogP contribution in [0.4, 0.5) is 5.69 Å². The summed E-state index contributed by atoms with van der Waals surface area (Å²) >= 11 is 11.6. The molecule has 0 radical (unpaired) electrons. The Hall–Kier alpha value is -2.42. The lowest BCUT2D eigenvalue weighted by molar-refractivity contribution is -0.134. The van der Waals surface area contributed by atoms with Crippen LogP contribution in [0.2, 0.25) is 10.0 Å². The highest BCUT2D eigenvalue weighted by atomic mass is 35.5. The van der Waals surface area contributed by atoms with Gasteiger partial charge in [-0.05, 0) is 18.1 Å². The molecule has 2 heterocycles. The van der Waals surface area contributed by atoms with Crippen molar-refractivity contribution in [2.45, 2.75) is 19.9 Å². The monoisotopic (exact) mass is 451 g/mol. The van der Waals surface area contributed by atoms with Crippen LogP contribution >= 0.6 is 23.2 Å². The van der Waals surface area contributed by atoms with Crippen molar-refractivity contribution in [2.75, 3.05) is 38.0 Å². The fourth-order valence-corrected chi connectivity index (χ4v) is 3.56. The number of carbonyl (C=O) groups is 2. The maximum Gasteiger partial charge on any atom is 0.287 e. The quantitative estimate of drug-likeness (QED) is 0.724. The summed E-state index contributed by atoms with van der Waals surface area (Å²) in [6, 6.07) is 7.74. The highest BCUT2D eigenvalue weighted by Gasteiger charge is 2.23. The number of halogens is 2. The van der Waals surface area contributed by atoms with Gasteiger partial charge in [0.25, 0.3) is 5.56 Å². The van der Waals surface area contributed by atoms with E-state index in [4.69, 9.17) is 23.2 Å². The van der Waals surface area contributed by atoms with Crippen LogP contribution in [0.5, 0.6) is 0 Å². The van der Waals surface area contributed by atoms with E-state index in [0.717, 1.165) is 22.4 Å². The van der Waals surface area contributed by atoms with Crippen molar-refractivity contribution in [3.63, 3.8) is 0 Å². The average molecular weight is 452 g/mol. The third kappa shape index (κ3) is 5.38. The van der Waals surface area contributed by atoms with E-state index in [-0.39, 0.29) is 34.9 Å². The van der Waals surface area contributed by atoms with E-state index in [0.29, 0.717) is 26.2 Å². The van der Waals surface area contributed by atoms with Crippen molar-refractivity contribution < 1.29 is 9.59 Å². The molecule has 0 aliphatic carbocycles. The summed E-state index contributed by atoms with van der Waals surface area (Å²) in [5, 5.41) is 6.72. The molecule has 3 rings (SSSR count). The van der Waals surface area contributed by atoms with Crippen molar-refractivity contribution in [1.82, 2.24) is 19.6 Å². The third-order valence-corrected chi connectivity index (χ3v) is 5.74. The summed E-state index contributed by atoms with van der Waals surface area (Å²) in [5.74, 6) is -0.314. The number of nitrogens with zero attached hydrogens (tertiary/aromatic N) is 4. The van der Waals surface area contributed by atoms with Gasteiger partial charge in [0.15, 0.2) is 0 Å². The predicted molar refractivity (Wildman–Crippen MR) is 116 cm³/mol. The Labute approximate surface area is 184 Å². The van der Waals surface area contributed by atoms with Gasteiger partial charge in [-0.3, -0.25) is 19.3 Å². The molecular weight excluding hydrogens is 429 g/mol. The van der Waals surface area contributed by atoms with Crippen LogP contribution in [0.15, 0.2) is 35.3 Å². The average Bonchev–Trinajstić information content (AvgIpc) is 2.75. The van der Waals surface area contributed by atoms with E-state index < -0.39 is 5.56 Å². The Morgan fingerprint density at radius 3 is 2.50 bits per heavy atom. The number of aryl methyl sites for hydroxylation is 1. The van der Waals surface area contributed by atoms with Crippen molar-refractivity contribution in [2.24, 2.45) is 0 Å². The molecule has 30 heavy (non-hydrogen) atoms. The van der Waals surface area contributed by atoms with Gasteiger partial charge in [-0.1, -0.05) is 48.3 Å². The standard InChI is InChI=1S/C20H23Cl2N5O3/c1-2-14-5-3-4-6-16(14)24-17(28)12-25-7-9-26(10-8-25)18(29)13-27-20(30)19(22)15(21)11-23-27/h3-6,11H,2,7-10,12-13H2,1H3,(H,24,28). The SMILES string of the molecule is CCc1ccccc1NC(=O)CN1CCN(C(=O)Cn2ncc(Cl)c(Cl)c2=O)CC1. The maximum absolute atomic E-state index is 12.5. The molecule has 1 fully saturated rings. The van der Waals surface area contributed by atoms with Crippen molar-refractivity contribution >= 4 is 40.7 Å². The summed E-state index contributed by atoms with van der Waals surface area (Å²) < 4.78 is 1.00. The molecule has 1 saturated heterocycles. The first-order chi connectivity index (χ1) is 14.4. The number of para-hydroxylation sites is 1. The number of benzene rings is 1. The van der Waals surface area contributed by atoms with Crippen molar-refractivity contribution in [3.8, 4) is 0 Å². The molecule has 1 aromatic heterocycles. The van der Waals surface area contributed by atoms with E-state index in [1.807, 2.05) is 36.1 Å². The first kappa shape index (κ1) is 22.3. The lowest BCUT2D eigenvalue weighted by Gasteiger charge is -2.34. The van der Waals surface area contributed by atoms with E-state index in [1.165, 1.54) is 6.20 Å². The molecular formula is C20H23Cl2N5O3. The van der Waals surface area contributed by atoms with E-state index >= 15 is 0 Å². The minimum absolute atomic E-state index is 0.0545. The van der Waals surface area contributed by atoms with Crippen LogP contribution in [-0.4, -0.2) is 64.1 Å². The Balaban J connectivity index is 1.50. The van der Waals surface area contributed by atoms with Crippen LogP contribution in [0, 0.1) is 0 Å². The lowest BCUT2D eigenvalue weighted by atomic mass is 10.1. The van der Waals surface area contributed by atoms with E-state index in [1.54, 1.807) is 4.90 Å². The zero-order valence-corrected chi connectivity index (χ0v) is 18.1. The zero-order valence-electron chi connectivity index (χ0n) is 16.6. The van der Waals surface area contributed by atoms with Gasteiger partial charge in [0.1, 0.15) is 11.6 Å². The molecule has 0 saturated carbocycles. The first-order valence-electron chi connectivity index (χ1n) is 9.68. The van der Waals surface area contributed by atoms with Gasteiger partial charge in [0, 0.05) is 31.9 Å². The Morgan fingerprint density at radius 2 is 1.80 bits per heavy atom. The normalized spacial score (nSPS) is 14.6. The Kier molecular flexibility index (Phi) is 7.47. The molecule has 0 atom stereocenters. The van der Waals surface area contributed by atoms with Crippen LogP contribution in [0.3, 0.4) is 0 Å². The predicted octanol–water partition coefficient (Wildman–Crippen LogP) is 1.90. The number of anilines is 1. The van der Waals surface area contributed by atoms with E-state index in [9.17, 15) is 14.4 Å². The van der Waals surface area contributed by atoms with Gasteiger partial charge >= 0.3 is 0 Å². The third-order valence-electron chi connectivity index (χ3n) is 4.99. The number of aromatic nitrogens is 2. The molecule has 160 valence electrons. The summed E-state index contributed by atoms with van der Waals surface area (Å²) in [5.41, 5.74) is 1.32. The maximum atomic E-state index is 12.5. The molecule has 1 aliphatic rings. The minimum atomic E-state index is -0.597. The second-order valence-corrected chi connectivity index (χ2v) is 7.77. The lowest BCUT2D eigenvalue weighted by Crippen LogP contribution is -2.51. The fraction of sp³-hybridized carbons (Fsp3) is 0.400. The van der Waals surface area contributed by atoms with Gasteiger partial charge < -0.3 is 10.2 Å². The number of carbonyl (C=O) groups excluding carboxylic acids is 2. The molecule has 2 aromatic rings. The van der Waals surface area contributed by atoms with Gasteiger partial charge in [-0.2, -0.15) is 5.10 Å². The number of amides is 2. The molecule has 0 spiro atoms. The molecule has 0 unspecified atom stereocenters. The number of piperazine rings is 1. The molecule has 2 amide bonds. The van der Waals surface area contributed by atoms with Crippen LogP contribution in [0.1, 0.15) is 12.5 Å². The molecule has 8 nitrogen and oxygen atoms in total. The molecule has 1 aromatic carbocycles. The minimum Gasteiger partial charge on any atom is -0.339 e. The van der Waals surface area contributed by atoms with E-state index in [2.05, 4.69) is 10.4 Å². The molecule has 1 N–H and O–H groups in total. The van der Waals surface area contributed by atoms with Gasteiger partial charge in [0.2, 0.25) is 11.8 Å². The molecule has 10 heteroatoms. The summed E-state index contributed by atoms with van der Waals surface area (Å²) in [4.78, 5) is 40.6. The summed E-state index contributed by atoms with van der Waals surface area (Å²) in [6.45, 7) is 4.17. The second-order valence-electron chi connectivity index (χ2n) is 6.99. The van der Waals surface area contributed by atoms with Gasteiger partial charge in [-0.25, -0.2) is 4.68 Å². The van der Waals surface area contributed by atoms with Crippen molar-refractivity contribution in [1.29, 1.82) is 0 Å². The Bertz CT molecular complexity index is 987. The largest absolute Gasteiger partial charge is 0.339 e. The first-order valence-corrected chi connectivity index (χ1v) is 10.4. The van der Waals surface area contributed by atoms with Crippen LogP contribution < -0.4 is 10.9 Å². The summed E-state index contributed by atoms with van der Waals surface area (Å²) in [7, 11) is 0. The highest BCUT2D eigenvalue weighted by Crippen LogP contribution is 2.16. The highest BCUT2D eigenvalue weighted by molar-refractivity contribution is 6.41. The number of hydrogen-bond donors (Lipinski definition) is 1. The van der Waals surface area contributed by atoms with Crippen molar-refractivity contribution in [3.05, 3.63) is 56.4 Å². The second kappa shape index (κ2) is 10.1. The number of nitrogens with one attached hydrogen (secondary N) is 1. The Morgan fingerprint density at radius 1 is 1.10 bits per heavy atom. The van der Waals surface area contributed by atoms with Gasteiger partial charge in [0.05, 0.1) is 17.8 Å². The fourth-order valence-electron chi connectivity index (χ4n) is 3.28. The topological polar surface area (TPSA) is 87.5 Å². The summed E-state index contributed by atoms with van der Waals surface area (Å²) in [6.07, 6.45) is 2.08. The van der Waals surface area contributed by atoms with Crippen LogP contribution in [-0.2, 0) is 22.6 Å². The number of rotatable bonds is 6. The molecule has 0 bridgehead atoms. The molecule has 1 aliphatic heterocycles.